The molecule has 3 rings (SSSR count). The van der Waals surface area contributed by atoms with E-state index in [0.29, 0.717) is 17.5 Å². The highest BCUT2D eigenvalue weighted by molar-refractivity contribution is 6.13. The average molecular weight is 484 g/mol. The molecule has 2 aromatic rings. The highest BCUT2D eigenvalue weighted by Crippen LogP contribution is 2.35. The Hall–Kier alpha value is -4.54. The molecule has 0 radical (unpaired) electrons. The third-order valence-electron chi connectivity index (χ3n) is 5.02. The zero-order chi connectivity index (χ0) is 25.7. The smallest absolute Gasteiger partial charge is 0.373 e. The number of methoxy groups -OCH3 is 2. The van der Waals surface area contributed by atoms with Crippen LogP contribution in [0.15, 0.2) is 47.0 Å². The normalized spacial score (nSPS) is 15.1. The maximum Gasteiger partial charge on any atom is 0.373 e. The van der Waals surface area contributed by atoms with Crippen LogP contribution in [0.5, 0.6) is 11.5 Å². The number of benzene rings is 1. The summed E-state index contributed by atoms with van der Waals surface area (Å²) in [5, 5.41) is 11.7. The van der Waals surface area contributed by atoms with Crippen LogP contribution in [0.25, 0.3) is 6.08 Å². The van der Waals surface area contributed by atoms with E-state index in [2.05, 4.69) is 16.6 Å². The van der Waals surface area contributed by atoms with Crippen molar-refractivity contribution in [1.29, 1.82) is 0 Å². The van der Waals surface area contributed by atoms with Crippen molar-refractivity contribution in [1.82, 2.24) is 10.2 Å². The van der Waals surface area contributed by atoms with Crippen LogP contribution in [0.3, 0.4) is 0 Å². The van der Waals surface area contributed by atoms with E-state index in [1.807, 2.05) is 0 Å². The van der Waals surface area contributed by atoms with Gasteiger partial charge in [0.15, 0.2) is 17.6 Å². The van der Waals surface area contributed by atoms with Gasteiger partial charge < -0.3 is 29.1 Å². The second-order valence-corrected chi connectivity index (χ2v) is 7.44. The van der Waals surface area contributed by atoms with Crippen LogP contribution in [0.1, 0.15) is 34.4 Å². The van der Waals surface area contributed by atoms with Gasteiger partial charge in [-0.1, -0.05) is 6.08 Å². The van der Waals surface area contributed by atoms with E-state index in [-0.39, 0.29) is 35.3 Å². The van der Waals surface area contributed by atoms with Gasteiger partial charge in [-0.25, -0.2) is 14.4 Å². The standard InChI is InChI=1S/C24H24N2O9/c1-5-6-15-9-14(11-19(32-3)20(15)34-13(2)22(28)29)10-17-21(27)26(24(31)25-17)12-16-7-8-18(35-16)23(30)33-4/h5,7-11,13H,1,6,12H2,2-4H3,(H,25,31)(H,28,29)/b17-10-/t13-/m0/s1. The second-order valence-electron chi connectivity index (χ2n) is 7.44. The summed E-state index contributed by atoms with van der Waals surface area (Å²) in [5.41, 5.74) is 1.10. The maximum atomic E-state index is 12.9. The molecule has 1 fully saturated rings. The van der Waals surface area contributed by atoms with Gasteiger partial charge >= 0.3 is 18.0 Å². The van der Waals surface area contributed by atoms with Gasteiger partial charge in [-0.05, 0) is 49.2 Å². The van der Waals surface area contributed by atoms with Crippen molar-refractivity contribution < 1.29 is 42.9 Å². The van der Waals surface area contributed by atoms with Crippen LogP contribution in [0, 0.1) is 0 Å². The number of carboxylic acid groups (broad SMARTS) is 1. The molecular weight excluding hydrogens is 460 g/mol. The number of carbonyl (C=O) groups excluding carboxylic acids is 3. The number of nitrogens with zero attached hydrogens (tertiary/aromatic N) is 1. The van der Waals surface area contributed by atoms with Crippen LogP contribution < -0.4 is 14.8 Å². The number of ether oxygens (including phenoxy) is 3. The van der Waals surface area contributed by atoms with Crippen LogP contribution in [0.2, 0.25) is 0 Å². The van der Waals surface area contributed by atoms with Crippen LogP contribution >= 0.6 is 0 Å². The highest BCUT2D eigenvalue weighted by Gasteiger charge is 2.34. The lowest BCUT2D eigenvalue weighted by atomic mass is 10.0. The van der Waals surface area contributed by atoms with Gasteiger partial charge in [0.2, 0.25) is 5.76 Å². The van der Waals surface area contributed by atoms with Crippen molar-refractivity contribution in [3.63, 3.8) is 0 Å². The zero-order valence-electron chi connectivity index (χ0n) is 19.3. The molecule has 0 unspecified atom stereocenters. The predicted octanol–water partition coefficient (Wildman–Crippen LogP) is 2.75. The molecule has 35 heavy (non-hydrogen) atoms. The first-order valence-electron chi connectivity index (χ1n) is 10.4. The maximum absolute atomic E-state index is 12.9. The molecule has 1 aromatic carbocycles. The van der Waals surface area contributed by atoms with Crippen molar-refractivity contribution in [3.05, 3.63) is 65.3 Å². The summed E-state index contributed by atoms with van der Waals surface area (Å²) in [6, 6.07) is 5.43. The van der Waals surface area contributed by atoms with E-state index in [1.165, 1.54) is 39.4 Å². The molecule has 1 aliphatic heterocycles. The van der Waals surface area contributed by atoms with Crippen molar-refractivity contribution in [2.75, 3.05) is 14.2 Å². The Kier molecular flexibility index (Phi) is 7.59. The van der Waals surface area contributed by atoms with E-state index in [1.54, 1.807) is 18.2 Å². The number of allylic oxidation sites excluding steroid dienone is 1. The Morgan fingerprint density at radius 3 is 2.63 bits per heavy atom. The van der Waals surface area contributed by atoms with Crippen molar-refractivity contribution in [2.45, 2.75) is 26.0 Å². The number of hydrogen-bond acceptors (Lipinski definition) is 8. The fraction of sp³-hybridized carbons (Fsp3) is 0.250. The fourth-order valence-electron chi connectivity index (χ4n) is 3.30. The Labute approximate surface area is 200 Å². The number of rotatable bonds is 10. The molecule has 0 bridgehead atoms. The van der Waals surface area contributed by atoms with Gasteiger partial charge in [-0.2, -0.15) is 0 Å². The van der Waals surface area contributed by atoms with Gasteiger partial charge in [-0.3, -0.25) is 9.69 Å². The summed E-state index contributed by atoms with van der Waals surface area (Å²) in [4.78, 5) is 49.0. The molecule has 11 heteroatoms. The minimum atomic E-state index is -1.14. The third-order valence-corrected chi connectivity index (χ3v) is 5.02. The first-order chi connectivity index (χ1) is 16.7. The second kappa shape index (κ2) is 10.6. The van der Waals surface area contributed by atoms with Crippen LogP contribution in [-0.2, 0) is 27.3 Å². The summed E-state index contributed by atoms with van der Waals surface area (Å²) >= 11 is 0. The first kappa shape index (κ1) is 25.1. The quantitative estimate of drug-likeness (QED) is 0.225. The number of amides is 3. The molecular formula is C24H24N2O9. The Morgan fingerprint density at radius 1 is 1.26 bits per heavy atom. The Morgan fingerprint density at radius 2 is 2.00 bits per heavy atom. The molecule has 1 atom stereocenters. The fourth-order valence-corrected chi connectivity index (χ4v) is 3.30. The van der Waals surface area contributed by atoms with Crippen LogP contribution in [0.4, 0.5) is 4.79 Å². The monoisotopic (exact) mass is 484 g/mol. The molecule has 1 aliphatic rings. The number of carboxylic acids is 1. The number of aliphatic carboxylic acids is 1. The number of carbonyl (C=O) groups is 4. The van der Waals surface area contributed by atoms with E-state index >= 15 is 0 Å². The van der Waals surface area contributed by atoms with Gasteiger partial charge in [0.25, 0.3) is 5.91 Å². The number of imide groups is 1. The van der Waals surface area contributed by atoms with Crippen molar-refractivity contribution in [3.8, 4) is 11.5 Å². The lowest BCUT2D eigenvalue weighted by Gasteiger charge is -2.18. The molecule has 0 spiro atoms. The molecule has 184 valence electrons. The highest BCUT2D eigenvalue weighted by atomic mass is 16.5. The molecule has 0 saturated carbocycles. The van der Waals surface area contributed by atoms with Crippen molar-refractivity contribution >= 4 is 30.0 Å². The topological polar surface area (TPSA) is 145 Å². The largest absolute Gasteiger partial charge is 0.493 e. The molecule has 1 aromatic heterocycles. The van der Waals surface area contributed by atoms with E-state index in [0.717, 1.165) is 4.90 Å². The number of furan rings is 1. The molecule has 3 amide bonds. The molecule has 1 saturated heterocycles. The Bertz CT molecular complexity index is 1210. The lowest BCUT2D eigenvalue weighted by molar-refractivity contribution is -0.144. The van der Waals surface area contributed by atoms with Gasteiger partial charge in [-0.15, -0.1) is 6.58 Å². The van der Waals surface area contributed by atoms with Gasteiger partial charge in [0.05, 0.1) is 20.8 Å². The SMILES string of the molecule is C=CCc1cc(/C=C2\NC(=O)N(Cc3ccc(C(=O)OC)o3)C2=O)cc(OC)c1O[C@@H](C)C(=O)O. The summed E-state index contributed by atoms with van der Waals surface area (Å²) in [5.74, 6) is -1.75. The minimum absolute atomic E-state index is 0.00826. The lowest BCUT2D eigenvalue weighted by Crippen LogP contribution is -2.30. The molecule has 11 nitrogen and oxygen atoms in total. The summed E-state index contributed by atoms with van der Waals surface area (Å²) < 4.78 is 20.9. The van der Waals surface area contributed by atoms with E-state index in [4.69, 9.17) is 13.9 Å². The zero-order valence-corrected chi connectivity index (χ0v) is 19.3. The number of hydrogen-bond donors (Lipinski definition) is 2. The average Bonchev–Trinajstić information content (AvgIpc) is 3.40. The van der Waals surface area contributed by atoms with Crippen LogP contribution in [-0.4, -0.2) is 54.2 Å². The van der Waals surface area contributed by atoms with Gasteiger partial charge in [0.1, 0.15) is 11.5 Å². The summed E-state index contributed by atoms with van der Waals surface area (Å²) in [6.45, 7) is 4.91. The minimum Gasteiger partial charge on any atom is -0.493 e. The number of nitrogens with one attached hydrogen (secondary N) is 1. The third kappa shape index (κ3) is 5.52. The van der Waals surface area contributed by atoms with Crippen molar-refractivity contribution in [2.24, 2.45) is 0 Å². The Balaban J connectivity index is 1.88. The van der Waals surface area contributed by atoms with E-state index in [9.17, 15) is 24.3 Å². The molecule has 0 aliphatic carbocycles. The first-order valence-corrected chi connectivity index (χ1v) is 10.4. The molecule has 2 N–H and O–H groups in total. The molecule has 2 heterocycles. The van der Waals surface area contributed by atoms with E-state index < -0.39 is 30.0 Å². The number of urea groups is 1. The predicted molar refractivity (Wildman–Crippen MR) is 122 cm³/mol. The van der Waals surface area contributed by atoms with Gasteiger partial charge in [0, 0.05) is 5.56 Å². The summed E-state index contributed by atoms with van der Waals surface area (Å²) in [7, 11) is 2.61. The number of esters is 1. The summed E-state index contributed by atoms with van der Waals surface area (Å²) in [6.07, 6.45) is 2.28.